The van der Waals surface area contributed by atoms with Gasteiger partial charge in [0.25, 0.3) is 0 Å². The van der Waals surface area contributed by atoms with Crippen molar-refractivity contribution in [3.05, 3.63) is 29.7 Å². The van der Waals surface area contributed by atoms with Crippen LogP contribution in [0.15, 0.2) is 18.3 Å². The summed E-state index contributed by atoms with van der Waals surface area (Å²) in [5, 5.41) is 4.88. The van der Waals surface area contributed by atoms with Crippen LogP contribution in [0.4, 0.5) is 4.39 Å². The fraction of sp³-hybridized carbons (Fsp3) is 0.222. The summed E-state index contributed by atoms with van der Waals surface area (Å²) < 4.78 is 14.8. The van der Waals surface area contributed by atoms with Crippen LogP contribution in [-0.4, -0.2) is 9.78 Å². The maximum absolute atomic E-state index is 13.0. The number of fused-ring (bicyclic) bond motifs is 1. The van der Waals surface area contributed by atoms with Crippen LogP contribution < -0.4 is 0 Å². The van der Waals surface area contributed by atoms with Crippen molar-refractivity contribution in [1.29, 1.82) is 0 Å². The van der Waals surface area contributed by atoms with Gasteiger partial charge < -0.3 is 0 Å². The highest BCUT2D eigenvalue weighted by atomic mass is 19.1. The number of hydrogen-bond acceptors (Lipinski definition) is 1. The van der Waals surface area contributed by atoms with Crippen LogP contribution in [0.1, 0.15) is 5.56 Å². The number of rotatable bonds is 0. The molecule has 0 amide bonds. The number of nitrogens with zero attached hydrogens (tertiary/aromatic N) is 2. The molecule has 0 spiro atoms. The van der Waals surface area contributed by atoms with E-state index >= 15 is 0 Å². The number of hydrogen-bond donors (Lipinski definition) is 0. The summed E-state index contributed by atoms with van der Waals surface area (Å²) >= 11 is 0. The fourth-order valence-electron chi connectivity index (χ4n) is 1.28. The van der Waals surface area contributed by atoms with Gasteiger partial charge in [0, 0.05) is 12.4 Å². The number of aromatic nitrogens is 2. The van der Waals surface area contributed by atoms with Crippen LogP contribution in [0, 0.1) is 12.7 Å². The summed E-state index contributed by atoms with van der Waals surface area (Å²) in [7, 11) is 1.85. The highest BCUT2D eigenvalue weighted by Gasteiger charge is 2.03. The Morgan fingerprint density at radius 2 is 2.17 bits per heavy atom. The van der Waals surface area contributed by atoms with Crippen molar-refractivity contribution in [3.8, 4) is 0 Å². The second-order valence-corrected chi connectivity index (χ2v) is 2.93. The van der Waals surface area contributed by atoms with Gasteiger partial charge >= 0.3 is 0 Å². The van der Waals surface area contributed by atoms with Crippen LogP contribution in [0.2, 0.25) is 0 Å². The first-order valence-electron chi connectivity index (χ1n) is 3.76. The predicted molar refractivity (Wildman–Crippen MR) is 45.4 cm³/mol. The number of halogens is 1. The molecule has 0 atom stereocenters. The maximum Gasteiger partial charge on any atom is 0.126 e. The first kappa shape index (κ1) is 7.28. The lowest BCUT2D eigenvalue weighted by molar-refractivity contribution is 0.620. The van der Waals surface area contributed by atoms with Crippen molar-refractivity contribution < 1.29 is 4.39 Å². The van der Waals surface area contributed by atoms with Crippen molar-refractivity contribution in [1.82, 2.24) is 9.78 Å². The zero-order valence-electron chi connectivity index (χ0n) is 7.00. The van der Waals surface area contributed by atoms with Gasteiger partial charge in [-0.25, -0.2) is 4.39 Å². The molecule has 0 aliphatic rings. The minimum Gasteiger partial charge on any atom is -0.268 e. The standard InChI is InChI=1S/C9H9FN2/c1-6-3-9-7(4-8(6)10)5-11-12(9)2/h3-5H,1-2H3. The molecule has 1 aromatic heterocycles. The van der Waals surface area contributed by atoms with E-state index in [1.165, 1.54) is 6.07 Å². The third kappa shape index (κ3) is 0.897. The summed E-state index contributed by atoms with van der Waals surface area (Å²) in [6, 6.07) is 3.31. The van der Waals surface area contributed by atoms with Crippen LogP contribution in [-0.2, 0) is 7.05 Å². The Labute approximate surface area is 69.6 Å². The number of aryl methyl sites for hydroxylation is 2. The third-order valence-electron chi connectivity index (χ3n) is 2.03. The molecular weight excluding hydrogens is 155 g/mol. The van der Waals surface area contributed by atoms with Crippen molar-refractivity contribution in [2.45, 2.75) is 6.92 Å². The average molecular weight is 164 g/mol. The molecule has 0 aliphatic heterocycles. The van der Waals surface area contributed by atoms with Crippen LogP contribution in [0.5, 0.6) is 0 Å². The second-order valence-electron chi connectivity index (χ2n) is 2.93. The Hall–Kier alpha value is -1.38. The number of benzene rings is 1. The molecule has 0 N–H and O–H groups in total. The Balaban J connectivity index is 2.87. The van der Waals surface area contributed by atoms with E-state index in [-0.39, 0.29) is 5.82 Å². The lowest BCUT2D eigenvalue weighted by atomic mass is 10.2. The van der Waals surface area contributed by atoms with Gasteiger partial charge in [-0.1, -0.05) is 0 Å². The van der Waals surface area contributed by atoms with Gasteiger partial charge in [-0.15, -0.1) is 0 Å². The molecule has 62 valence electrons. The summed E-state index contributed by atoms with van der Waals surface area (Å²) in [6.45, 7) is 1.75. The SMILES string of the molecule is Cc1cc2c(cnn2C)cc1F. The zero-order chi connectivity index (χ0) is 8.72. The molecule has 1 heterocycles. The average Bonchev–Trinajstić information content (AvgIpc) is 2.35. The van der Waals surface area contributed by atoms with Crippen molar-refractivity contribution in [2.24, 2.45) is 7.05 Å². The van der Waals surface area contributed by atoms with E-state index in [0.717, 1.165) is 10.9 Å². The zero-order valence-corrected chi connectivity index (χ0v) is 7.00. The highest BCUT2D eigenvalue weighted by Crippen LogP contribution is 2.17. The summed E-state index contributed by atoms with van der Waals surface area (Å²) in [5.41, 5.74) is 1.63. The molecule has 12 heavy (non-hydrogen) atoms. The maximum atomic E-state index is 13.0. The topological polar surface area (TPSA) is 17.8 Å². The first-order valence-corrected chi connectivity index (χ1v) is 3.76. The van der Waals surface area contributed by atoms with Gasteiger partial charge in [0.15, 0.2) is 0 Å². The van der Waals surface area contributed by atoms with Crippen LogP contribution in [0.3, 0.4) is 0 Å². The fourth-order valence-corrected chi connectivity index (χ4v) is 1.28. The van der Waals surface area contributed by atoms with E-state index in [9.17, 15) is 4.39 Å². The molecule has 0 radical (unpaired) electrons. The van der Waals surface area contributed by atoms with Gasteiger partial charge in [0.05, 0.1) is 11.7 Å². The lowest BCUT2D eigenvalue weighted by Gasteiger charge is -1.97. The predicted octanol–water partition coefficient (Wildman–Crippen LogP) is 2.02. The summed E-state index contributed by atoms with van der Waals surface area (Å²) in [4.78, 5) is 0. The molecule has 2 nitrogen and oxygen atoms in total. The first-order chi connectivity index (χ1) is 5.68. The van der Waals surface area contributed by atoms with Crippen LogP contribution in [0.25, 0.3) is 10.9 Å². The molecule has 2 rings (SSSR count). The van der Waals surface area contributed by atoms with E-state index in [1.54, 1.807) is 23.9 Å². The van der Waals surface area contributed by atoms with E-state index in [0.29, 0.717) is 5.56 Å². The molecular formula is C9H9FN2. The van der Waals surface area contributed by atoms with Crippen LogP contribution >= 0.6 is 0 Å². The van der Waals surface area contributed by atoms with E-state index in [2.05, 4.69) is 5.10 Å². The largest absolute Gasteiger partial charge is 0.268 e. The highest BCUT2D eigenvalue weighted by molar-refractivity contribution is 5.79. The van der Waals surface area contributed by atoms with Crippen molar-refractivity contribution in [2.75, 3.05) is 0 Å². The second kappa shape index (κ2) is 2.30. The minimum absolute atomic E-state index is 0.171. The van der Waals surface area contributed by atoms with Gasteiger partial charge in [-0.2, -0.15) is 5.10 Å². The molecule has 0 bridgehead atoms. The lowest BCUT2D eigenvalue weighted by Crippen LogP contribution is -1.90. The smallest absolute Gasteiger partial charge is 0.126 e. The molecule has 0 fully saturated rings. The molecule has 0 aliphatic carbocycles. The van der Waals surface area contributed by atoms with E-state index in [1.807, 2.05) is 7.05 Å². The molecule has 0 saturated carbocycles. The molecule has 1 aromatic carbocycles. The van der Waals surface area contributed by atoms with Crippen molar-refractivity contribution >= 4 is 10.9 Å². The van der Waals surface area contributed by atoms with Gasteiger partial charge in [0.2, 0.25) is 0 Å². The summed E-state index contributed by atoms with van der Waals surface area (Å²) in [6.07, 6.45) is 1.66. The third-order valence-corrected chi connectivity index (χ3v) is 2.03. The Morgan fingerprint density at radius 3 is 2.92 bits per heavy atom. The van der Waals surface area contributed by atoms with Crippen molar-refractivity contribution in [3.63, 3.8) is 0 Å². The van der Waals surface area contributed by atoms with Gasteiger partial charge in [0.1, 0.15) is 5.82 Å². The summed E-state index contributed by atoms with van der Waals surface area (Å²) in [5.74, 6) is -0.171. The van der Waals surface area contributed by atoms with Gasteiger partial charge in [-0.05, 0) is 24.6 Å². The molecule has 0 saturated heterocycles. The molecule has 3 heteroatoms. The minimum atomic E-state index is -0.171. The Bertz CT molecular complexity index is 431. The quantitative estimate of drug-likeness (QED) is 0.582. The van der Waals surface area contributed by atoms with Gasteiger partial charge in [-0.3, -0.25) is 4.68 Å². The monoisotopic (exact) mass is 164 g/mol. The Kier molecular flexibility index (Phi) is 1.40. The van der Waals surface area contributed by atoms with E-state index < -0.39 is 0 Å². The normalized spacial score (nSPS) is 10.9. The molecule has 0 unspecified atom stereocenters. The Morgan fingerprint density at radius 1 is 1.42 bits per heavy atom. The molecule has 2 aromatic rings. The van der Waals surface area contributed by atoms with E-state index in [4.69, 9.17) is 0 Å².